The van der Waals surface area contributed by atoms with Crippen molar-refractivity contribution in [3.8, 4) is 0 Å². The molecule has 3 aromatic rings. The first-order valence-corrected chi connectivity index (χ1v) is 8.39. The maximum absolute atomic E-state index is 12.2. The second-order valence-corrected chi connectivity index (χ2v) is 6.69. The van der Waals surface area contributed by atoms with Crippen molar-refractivity contribution >= 4 is 43.7 Å². The number of rotatable bonds is 4. The summed E-state index contributed by atoms with van der Waals surface area (Å²) in [6.07, 6.45) is 1.59. The lowest BCUT2D eigenvalue weighted by molar-refractivity contribution is 0.102. The van der Waals surface area contributed by atoms with Gasteiger partial charge in [0.05, 0.1) is 6.54 Å². The second-order valence-electron chi connectivity index (χ2n) is 4.86. The zero-order valence-corrected chi connectivity index (χ0v) is 15.1. The zero-order chi connectivity index (χ0) is 16.2. The summed E-state index contributed by atoms with van der Waals surface area (Å²) in [5.74, 6) is 0.0384. The molecule has 7 heteroatoms. The molecule has 0 atom stereocenters. The number of halogens is 2. The Balaban J connectivity index is 1.68. The minimum absolute atomic E-state index is 0.244. The number of nitrogens with zero attached hydrogens (tertiary/aromatic N) is 3. The summed E-state index contributed by atoms with van der Waals surface area (Å²) in [5.41, 5.74) is 1.64. The van der Waals surface area contributed by atoms with Crippen molar-refractivity contribution in [3.63, 3.8) is 0 Å². The third-order valence-corrected chi connectivity index (χ3v) is 4.07. The summed E-state index contributed by atoms with van der Waals surface area (Å²) in [6.45, 7) is 0.583. The van der Waals surface area contributed by atoms with E-state index >= 15 is 0 Å². The fourth-order valence-corrected chi connectivity index (χ4v) is 2.90. The van der Waals surface area contributed by atoms with Crippen molar-refractivity contribution in [1.29, 1.82) is 0 Å². The minimum atomic E-state index is -0.244. The van der Waals surface area contributed by atoms with E-state index in [1.54, 1.807) is 29.2 Å². The largest absolute Gasteiger partial charge is 0.289 e. The van der Waals surface area contributed by atoms with E-state index in [1.165, 1.54) is 0 Å². The van der Waals surface area contributed by atoms with Crippen LogP contribution in [0.5, 0.6) is 0 Å². The summed E-state index contributed by atoms with van der Waals surface area (Å²) in [5, 5.41) is 6.96. The van der Waals surface area contributed by atoms with Gasteiger partial charge in [0.1, 0.15) is 6.33 Å². The van der Waals surface area contributed by atoms with Gasteiger partial charge in [0.2, 0.25) is 5.95 Å². The molecule has 0 bridgehead atoms. The zero-order valence-electron chi connectivity index (χ0n) is 11.9. The molecule has 5 nitrogen and oxygen atoms in total. The molecule has 1 heterocycles. The molecule has 1 amide bonds. The number of carbonyl (C=O) groups excluding carboxylic acids is 1. The molecule has 0 aliphatic carbocycles. The van der Waals surface area contributed by atoms with Crippen LogP contribution < -0.4 is 5.32 Å². The van der Waals surface area contributed by atoms with Gasteiger partial charge in [-0.1, -0.05) is 50.1 Å². The van der Waals surface area contributed by atoms with Gasteiger partial charge in [0.15, 0.2) is 0 Å². The molecule has 0 unspecified atom stereocenters. The van der Waals surface area contributed by atoms with E-state index in [9.17, 15) is 4.79 Å². The van der Waals surface area contributed by atoms with Crippen molar-refractivity contribution in [2.45, 2.75) is 6.54 Å². The van der Waals surface area contributed by atoms with Crippen LogP contribution in [0, 0.1) is 0 Å². The van der Waals surface area contributed by atoms with Crippen LogP contribution in [0.4, 0.5) is 5.95 Å². The van der Waals surface area contributed by atoms with Crippen LogP contribution in [0.15, 0.2) is 63.8 Å². The molecule has 0 fully saturated rings. The van der Waals surface area contributed by atoms with Gasteiger partial charge in [-0.2, -0.15) is 0 Å². The molecule has 2 aromatic carbocycles. The highest BCUT2D eigenvalue weighted by Crippen LogP contribution is 2.14. The molecule has 0 aliphatic heterocycles. The molecule has 1 aromatic heterocycles. The van der Waals surface area contributed by atoms with E-state index in [1.807, 2.05) is 30.3 Å². The van der Waals surface area contributed by atoms with E-state index < -0.39 is 0 Å². The van der Waals surface area contributed by atoms with Crippen LogP contribution in [-0.2, 0) is 6.54 Å². The summed E-state index contributed by atoms with van der Waals surface area (Å²) in [4.78, 5) is 16.3. The fraction of sp³-hybridized carbons (Fsp3) is 0.0625. The number of aromatic nitrogens is 3. The Kier molecular flexibility index (Phi) is 4.88. The molecule has 0 saturated carbocycles. The number of carbonyl (C=O) groups is 1. The SMILES string of the molecule is O=C(Nc1ncn(Cc2cccc(Br)c2)n1)c1cccc(Br)c1. The second kappa shape index (κ2) is 7.06. The summed E-state index contributed by atoms with van der Waals surface area (Å²) in [6, 6.07) is 15.1. The molecule has 0 saturated heterocycles. The Hall–Kier alpha value is -1.99. The molecule has 1 N–H and O–H groups in total. The number of hydrogen-bond acceptors (Lipinski definition) is 3. The predicted molar refractivity (Wildman–Crippen MR) is 95.4 cm³/mol. The Morgan fingerprint density at radius 2 is 1.83 bits per heavy atom. The number of hydrogen-bond donors (Lipinski definition) is 1. The van der Waals surface area contributed by atoms with E-state index in [0.29, 0.717) is 12.1 Å². The van der Waals surface area contributed by atoms with Crippen LogP contribution in [0.2, 0.25) is 0 Å². The van der Waals surface area contributed by atoms with Crippen molar-refractivity contribution in [1.82, 2.24) is 14.8 Å². The first kappa shape index (κ1) is 15.9. The van der Waals surface area contributed by atoms with Crippen molar-refractivity contribution in [3.05, 3.63) is 74.9 Å². The maximum atomic E-state index is 12.2. The molecular weight excluding hydrogens is 424 g/mol. The number of anilines is 1. The average molecular weight is 436 g/mol. The molecule has 116 valence electrons. The minimum Gasteiger partial charge on any atom is -0.289 e. The Morgan fingerprint density at radius 1 is 1.09 bits per heavy atom. The molecule has 0 spiro atoms. The standard InChI is InChI=1S/C16H12Br2N4O/c17-13-5-1-3-11(7-13)9-22-10-19-16(21-22)20-15(23)12-4-2-6-14(18)8-12/h1-8,10H,9H2,(H,20,21,23). The fourth-order valence-electron chi connectivity index (χ4n) is 2.05. The molecule has 3 rings (SSSR count). The van der Waals surface area contributed by atoms with Crippen molar-refractivity contribution < 1.29 is 4.79 Å². The Bertz CT molecular complexity index is 847. The highest BCUT2D eigenvalue weighted by atomic mass is 79.9. The van der Waals surface area contributed by atoms with Gasteiger partial charge in [-0.05, 0) is 35.9 Å². The van der Waals surface area contributed by atoms with E-state index in [4.69, 9.17) is 0 Å². The van der Waals surface area contributed by atoms with E-state index in [-0.39, 0.29) is 11.9 Å². The van der Waals surface area contributed by atoms with Crippen molar-refractivity contribution in [2.75, 3.05) is 5.32 Å². The smallest absolute Gasteiger partial charge is 0.258 e. The van der Waals surface area contributed by atoms with Gasteiger partial charge in [-0.25, -0.2) is 9.67 Å². The highest BCUT2D eigenvalue weighted by Gasteiger charge is 2.09. The predicted octanol–water partition coefficient (Wildman–Crippen LogP) is 4.10. The van der Waals surface area contributed by atoms with Crippen LogP contribution >= 0.6 is 31.9 Å². The first-order chi connectivity index (χ1) is 11.1. The van der Waals surface area contributed by atoms with Crippen LogP contribution in [0.1, 0.15) is 15.9 Å². The molecule has 0 radical (unpaired) electrons. The maximum Gasteiger partial charge on any atom is 0.258 e. The lowest BCUT2D eigenvalue weighted by Crippen LogP contribution is -2.13. The highest BCUT2D eigenvalue weighted by molar-refractivity contribution is 9.10. The molecular formula is C16H12Br2N4O. The lowest BCUT2D eigenvalue weighted by atomic mass is 10.2. The van der Waals surface area contributed by atoms with E-state index in [0.717, 1.165) is 14.5 Å². The normalized spacial score (nSPS) is 10.5. The third kappa shape index (κ3) is 4.27. The summed E-state index contributed by atoms with van der Waals surface area (Å²) >= 11 is 6.78. The van der Waals surface area contributed by atoms with Gasteiger partial charge >= 0.3 is 0 Å². The lowest BCUT2D eigenvalue weighted by Gasteiger charge is -2.02. The Morgan fingerprint density at radius 3 is 2.57 bits per heavy atom. The summed E-state index contributed by atoms with van der Waals surface area (Å²) in [7, 11) is 0. The van der Waals surface area contributed by atoms with Gasteiger partial charge in [-0.3, -0.25) is 10.1 Å². The van der Waals surface area contributed by atoms with Gasteiger partial charge in [-0.15, -0.1) is 5.10 Å². The van der Waals surface area contributed by atoms with Crippen LogP contribution in [0.25, 0.3) is 0 Å². The monoisotopic (exact) mass is 434 g/mol. The number of benzene rings is 2. The third-order valence-electron chi connectivity index (χ3n) is 3.08. The van der Waals surface area contributed by atoms with Crippen LogP contribution in [0.3, 0.4) is 0 Å². The number of nitrogens with one attached hydrogen (secondary N) is 1. The average Bonchev–Trinajstić information content (AvgIpc) is 2.94. The van der Waals surface area contributed by atoms with E-state index in [2.05, 4.69) is 47.3 Å². The van der Waals surface area contributed by atoms with Gasteiger partial charge in [0.25, 0.3) is 5.91 Å². The van der Waals surface area contributed by atoms with Crippen molar-refractivity contribution in [2.24, 2.45) is 0 Å². The number of amides is 1. The Labute approximate surface area is 150 Å². The van der Waals surface area contributed by atoms with Crippen LogP contribution in [-0.4, -0.2) is 20.7 Å². The van der Waals surface area contributed by atoms with Gasteiger partial charge in [0, 0.05) is 14.5 Å². The van der Waals surface area contributed by atoms with Gasteiger partial charge < -0.3 is 0 Å². The quantitative estimate of drug-likeness (QED) is 0.670. The molecule has 0 aliphatic rings. The molecule has 23 heavy (non-hydrogen) atoms. The topological polar surface area (TPSA) is 59.8 Å². The first-order valence-electron chi connectivity index (χ1n) is 6.81. The summed E-state index contributed by atoms with van der Waals surface area (Å²) < 4.78 is 3.54.